The number of carbonyl (C=O) groups excluding carboxylic acids is 1. The molecule has 0 aromatic heterocycles. The first-order valence-corrected chi connectivity index (χ1v) is 12.5. The number of ether oxygens (including phenoxy) is 2. The predicted molar refractivity (Wildman–Crippen MR) is 144 cm³/mol. The number of hydrogen-bond acceptors (Lipinski definition) is 4. The van der Waals surface area contributed by atoms with E-state index in [0.29, 0.717) is 30.1 Å². The van der Waals surface area contributed by atoms with Crippen molar-refractivity contribution in [2.24, 2.45) is 0 Å². The molecule has 0 aliphatic rings. The van der Waals surface area contributed by atoms with Gasteiger partial charge in [0.25, 0.3) is 0 Å². The lowest BCUT2D eigenvalue weighted by molar-refractivity contribution is -0.122. The summed E-state index contributed by atoms with van der Waals surface area (Å²) < 4.78 is 25.1. The summed E-state index contributed by atoms with van der Waals surface area (Å²) in [4.78, 5) is 26.2. The molecule has 0 saturated heterocycles. The number of carboxylic acid groups (broad SMARTS) is 1. The second kappa shape index (κ2) is 12.9. The van der Waals surface area contributed by atoms with Crippen LogP contribution >= 0.6 is 0 Å². The molecule has 7 nitrogen and oxygen atoms in total. The molecule has 0 spiro atoms. The van der Waals surface area contributed by atoms with Gasteiger partial charge in [0.1, 0.15) is 12.4 Å². The lowest BCUT2D eigenvalue weighted by Gasteiger charge is -2.33. The summed E-state index contributed by atoms with van der Waals surface area (Å²) in [6.07, 6.45) is -0.724. The topological polar surface area (TPSA) is 88.1 Å². The van der Waals surface area contributed by atoms with Crippen molar-refractivity contribution in [3.05, 3.63) is 95.3 Å². The van der Waals surface area contributed by atoms with Crippen molar-refractivity contribution in [1.82, 2.24) is 10.2 Å². The molecule has 202 valence electrons. The highest BCUT2D eigenvalue weighted by Gasteiger charge is 2.27. The SMILES string of the molecule is COc1cc(CC(C(=O)NCCN(C(=O)O)C(C)(C)C)c2ccc(F)cc2)ccc1OCc1ccccc1. The zero-order valence-electron chi connectivity index (χ0n) is 22.2. The summed E-state index contributed by atoms with van der Waals surface area (Å²) in [5, 5.41) is 12.4. The van der Waals surface area contributed by atoms with Gasteiger partial charge < -0.3 is 24.8 Å². The molecule has 0 fully saturated rings. The quantitative estimate of drug-likeness (QED) is 0.341. The lowest BCUT2D eigenvalue weighted by Crippen LogP contribution is -2.48. The molecular weight excluding hydrogens is 487 g/mol. The van der Waals surface area contributed by atoms with Crippen LogP contribution in [0.3, 0.4) is 0 Å². The van der Waals surface area contributed by atoms with Crippen LogP contribution in [0.4, 0.5) is 9.18 Å². The maximum Gasteiger partial charge on any atom is 0.407 e. The Balaban J connectivity index is 1.75. The van der Waals surface area contributed by atoms with Crippen molar-refractivity contribution in [1.29, 1.82) is 0 Å². The fourth-order valence-electron chi connectivity index (χ4n) is 4.12. The predicted octanol–water partition coefficient (Wildman–Crippen LogP) is 5.63. The molecule has 0 bridgehead atoms. The van der Waals surface area contributed by atoms with Gasteiger partial charge in [-0.2, -0.15) is 0 Å². The normalized spacial score (nSPS) is 11.9. The van der Waals surface area contributed by atoms with Crippen LogP contribution in [0.15, 0.2) is 72.8 Å². The summed E-state index contributed by atoms with van der Waals surface area (Å²) in [6.45, 7) is 6.07. The smallest absolute Gasteiger partial charge is 0.407 e. The van der Waals surface area contributed by atoms with E-state index in [0.717, 1.165) is 11.1 Å². The van der Waals surface area contributed by atoms with Crippen LogP contribution in [0, 0.1) is 5.82 Å². The van der Waals surface area contributed by atoms with E-state index in [-0.39, 0.29) is 19.0 Å². The third-order valence-electron chi connectivity index (χ3n) is 6.17. The van der Waals surface area contributed by atoms with E-state index in [1.165, 1.54) is 17.0 Å². The average molecular weight is 523 g/mol. The highest BCUT2D eigenvalue weighted by atomic mass is 19.1. The number of amides is 2. The van der Waals surface area contributed by atoms with Crippen molar-refractivity contribution in [2.75, 3.05) is 20.2 Å². The number of carbonyl (C=O) groups is 2. The van der Waals surface area contributed by atoms with Crippen LogP contribution in [-0.4, -0.2) is 47.7 Å². The third kappa shape index (κ3) is 7.96. The Morgan fingerprint density at radius 2 is 1.66 bits per heavy atom. The fraction of sp³-hybridized carbons (Fsp3) is 0.333. The van der Waals surface area contributed by atoms with E-state index in [9.17, 15) is 19.1 Å². The summed E-state index contributed by atoms with van der Waals surface area (Å²) in [6, 6.07) is 21.1. The summed E-state index contributed by atoms with van der Waals surface area (Å²) in [5.41, 5.74) is 1.91. The van der Waals surface area contributed by atoms with Gasteiger partial charge in [0.15, 0.2) is 11.5 Å². The van der Waals surface area contributed by atoms with E-state index in [1.54, 1.807) is 40.0 Å². The zero-order valence-corrected chi connectivity index (χ0v) is 22.2. The monoisotopic (exact) mass is 522 g/mol. The Morgan fingerprint density at radius 3 is 2.26 bits per heavy atom. The molecule has 3 aromatic rings. The van der Waals surface area contributed by atoms with Gasteiger partial charge in [0.05, 0.1) is 13.0 Å². The number of hydrogen-bond donors (Lipinski definition) is 2. The molecule has 0 aliphatic heterocycles. The minimum Gasteiger partial charge on any atom is -0.493 e. The Bertz CT molecular complexity index is 1210. The highest BCUT2D eigenvalue weighted by Crippen LogP contribution is 2.31. The molecule has 8 heteroatoms. The molecule has 2 N–H and O–H groups in total. The molecule has 0 radical (unpaired) electrons. The minimum atomic E-state index is -1.05. The Morgan fingerprint density at radius 1 is 0.974 bits per heavy atom. The Labute approximate surface area is 223 Å². The van der Waals surface area contributed by atoms with Crippen LogP contribution in [0.25, 0.3) is 0 Å². The maximum atomic E-state index is 13.6. The van der Waals surface area contributed by atoms with Crippen molar-refractivity contribution < 1.29 is 28.6 Å². The number of rotatable bonds is 11. The Hall–Kier alpha value is -4.07. The second-order valence-electron chi connectivity index (χ2n) is 9.96. The number of benzene rings is 3. The first-order chi connectivity index (χ1) is 18.1. The van der Waals surface area contributed by atoms with Crippen LogP contribution in [0.2, 0.25) is 0 Å². The van der Waals surface area contributed by atoms with Gasteiger partial charge in [0, 0.05) is 18.6 Å². The average Bonchev–Trinajstić information content (AvgIpc) is 2.89. The number of halogens is 1. The maximum absolute atomic E-state index is 13.6. The molecular formula is C30H35FN2O5. The van der Waals surface area contributed by atoms with Gasteiger partial charge in [-0.1, -0.05) is 48.5 Å². The first kappa shape index (κ1) is 28.5. The van der Waals surface area contributed by atoms with Crippen molar-refractivity contribution >= 4 is 12.0 Å². The number of nitrogens with zero attached hydrogens (tertiary/aromatic N) is 1. The zero-order chi connectivity index (χ0) is 27.7. The van der Waals surface area contributed by atoms with E-state index < -0.39 is 23.4 Å². The van der Waals surface area contributed by atoms with Crippen LogP contribution in [0.5, 0.6) is 11.5 Å². The molecule has 2 amide bonds. The molecule has 1 unspecified atom stereocenters. The van der Waals surface area contributed by atoms with Crippen LogP contribution in [0.1, 0.15) is 43.4 Å². The summed E-state index contributed by atoms with van der Waals surface area (Å²) in [7, 11) is 1.56. The van der Waals surface area contributed by atoms with Crippen molar-refractivity contribution in [2.45, 2.75) is 45.3 Å². The molecule has 0 heterocycles. The van der Waals surface area contributed by atoms with Crippen molar-refractivity contribution in [3.8, 4) is 11.5 Å². The molecule has 0 aliphatic carbocycles. The van der Waals surface area contributed by atoms with Gasteiger partial charge >= 0.3 is 6.09 Å². The molecule has 3 rings (SSSR count). The minimum absolute atomic E-state index is 0.141. The van der Waals surface area contributed by atoms with E-state index in [4.69, 9.17) is 9.47 Å². The van der Waals surface area contributed by atoms with E-state index in [1.807, 2.05) is 48.5 Å². The number of methoxy groups -OCH3 is 1. The van der Waals surface area contributed by atoms with Gasteiger partial charge in [-0.25, -0.2) is 9.18 Å². The highest BCUT2D eigenvalue weighted by molar-refractivity contribution is 5.84. The molecule has 3 aromatic carbocycles. The van der Waals surface area contributed by atoms with Gasteiger partial charge in [-0.3, -0.25) is 4.79 Å². The Kier molecular flexibility index (Phi) is 9.71. The van der Waals surface area contributed by atoms with Crippen molar-refractivity contribution in [3.63, 3.8) is 0 Å². The summed E-state index contributed by atoms with van der Waals surface area (Å²) >= 11 is 0. The van der Waals surface area contributed by atoms with E-state index >= 15 is 0 Å². The molecule has 1 atom stereocenters. The molecule has 0 saturated carbocycles. The molecule has 38 heavy (non-hydrogen) atoms. The van der Waals surface area contributed by atoms with Gasteiger partial charge in [0.2, 0.25) is 5.91 Å². The number of nitrogens with one attached hydrogen (secondary N) is 1. The largest absolute Gasteiger partial charge is 0.493 e. The second-order valence-corrected chi connectivity index (χ2v) is 9.96. The van der Waals surface area contributed by atoms with Gasteiger partial charge in [-0.05, 0) is 68.1 Å². The standard InChI is InChI=1S/C30H35FN2O5/c1-30(2,3)33(29(35)36)17-16-32-28(34)25(23-11-13-24(31)14-12-23)18-22-10-15-26(27(19-22)37-4)38-20-21-8-6-5-7-9-21/h5-15,19,25H,16-18,20H2,1-4H3,(H,32,34)(H,35,36). The van der Waals surface area contributed by atoms with Gasteiger partial charge in [-0.15, -0.1) is 0 Å². The fourth-order valence-corrected chi connectivity index (χ4v) is 4.12. The third-order valence-corrected chi connectivity index (χ3v) is 6.17. The van der Waals surface area contributed by atoms with E-state index in [2.05, 4.69) is 5.32 Å². The first-order valence-electron chi connectivity index (χ1n) is 12.5. The summed E-state index contributed by atoms with van der Waals surface area (Å²) in [5.74, 6) is -0.168. The lowest BCUT2D eigenvalue weighted by atomic mass is 9.91. The van der Waals surface area contributed by atoms with Crippen LogP contribution in [-0.2, 0) is 17.8 Å². The van der Waals surface area contributed by atoms with Crippen LogP contribution < -0.4 is 14.8 Å².